The molecule has 0 saturated heterocycles. The van der Waals surface area contributed by atoms with E-state index < -0.39 is 0 Å². The highest BCUT2D eigenvalue weighted by Crippen LogP contribution is 2.34. The molecule has 1 aliphatic heterocycles. The van der Waals surface area contributed by atoms with Gasteiger partial charge < -0.3 is 5.32 Å². The Labute approximate surface area is 200 Å². The summed E-state index contributed by atoms with van der Waals surface area (Å²) in [6.45, 7) is 2.54. The molecule has 0 aliphatic carbocycles. The maximum absolute atomic E-state index is 13.3. The molecule has 1 unspecified atom stereocenters. The summed E-state index contributed by atoms with van der Waals surface area (Å²) in [5, 5.41) is 6.02. The number of benzene rings is 3. The lowest BCUT2D eigenvalue weighted by molar-refractivity contribution is -0.113. The number of amides is 1. The van der Waals surface area contributed by atoms with E-state index in [1.54, 1.807) is 16.3 Å². The predicted molar refractivity (Wildman–Crippen MR) is 136 cm³/mol. The molecule has 166 valence electrons. The Bertz CT molecular complexity index is 1380. The van der Waals surface area contributed by atoms with Crippen LogP contribution in [0.2, 0.25) is 0 Å². The lowest BCUT2D eigenvalue weighted by Crippen LogP contribution is -2.26. The average molecular weight is 474 g/mol. The van der Waals surface area contributed by atoms with Gasteiger partial charge in [0.25, 0.3) is 5.56 Å². The van der Waals surface area contributed by atoms with Gasteiger partial charge in [0.15, 0.2) is 5.16 Å². The molecule has 0 spiro atoms. The van der Waals surface area contributed by atoms with Crippen molar-refractivity contribution >= 4 is 45.9 Å². The van der Waals surface area contributed by atoms with Crippen LogP contribution < -0.4 is 10.9 Å². The van der Waals surface area contributed by atoms with Crippen LogP contribution >= 0.6 is 23.5 Å². The Morgan fingerprint density at radius 3 is 2.70 bits per heavy atom. The van der Waals surface area contributed by atoms with Gasteiger partial charge in [-0.15, -0.1) is 11.8 Å². The van der Waals surface area contributed by atoms with Crippen molar-refractivity contribution in [2.45, 2.75) is 35.2 Å². The van der Waals surface area contributed by atoms with E-state index in [0.29, 0.717) is 17.0 Å². The smallest absolute Gasteiger partial charge is 0.268 e. The monoisotopic (exact) mass is 473 g/mol. The van der Waals surface area contributed by atoms with Crippen LogP contribution in [-0.4, -0.2) is 26.5 Å². The quantitative estimate of drug-likeness (QED) is 0.308. The van der Waals surface area contributed by atoms with Gasteiger partial charge in [-0.3, -0.25) is 14.2 Å². The van der Waals surface area contributed by atoms with Crippen LogP contribution in [0.5, 0.6) is 0 Å². The van der Waals surface area contributed by atoms with Crippen molar-refractivity contribution in [1.82, 2.24) is 9.55 Å². The SMILES string of the molecule is CC1Cc2nc(SCC(=O)Nc3cccc4ccccc34)n(Cc3ccccc3)c(=O)c2S1. The van der Waals surface area contributed by atoms with E-state index in [1.807, 2.05) is 72.8 Å². The van der Waals surface area contributed by atoms with Crippen LogP contribution in [0.25, 0.3) is 10.8 Å². The first-order valence-corrected chi connectivity index (χ1v) is 12.7. The molecule has 5 rings (SSSR count). The maximum atomic E-state index is 13.3. The maximum Gasteiger partial charge on any atom is 0.268 e. The summed E-state index contributed by atoms with van der Waals surface area (Å²) in [7, 11) is 0. The van der Waals surface area contributed by atoms with Gasteiger partial charge >= 0.3 is 0 Å². The number of anilines is 1. The van der Waals surface area contributed by atoms with E-state index in [2.05, 4.69) is 12.2 Å². The van der Waals surface area contributed by atoms with Crippen LogP contribution in [0.1, 0.15) is 18.2 Å². The van der Waals surface area contributed by atoms with Gasteiger partial charge in [0.1, 0.15) is 0 Å². The number of aromatic nitrogens is 2. The summed E-state index contributed by atoms with van der Waals surface area (Å²) < 4.78 is 1.70. The first-order chi connectivity index (χ1) is 16.1. The van der Waals surface area contributed by atoms with E-state index in [4.69, 9.17) is 4.98 Å². The third kappa shape index (κ3) is 4.70. The Balaban J connectivity index is 1.39. The van der Waals surface area contributed by atoms with Gasteiger partial charge in [0.05, 0.1) is 22.9 Å². The van der Waals surface area contributed by atoms with Crippen molar-refractivity contribution in [1.29, 1.82) is 0 Å². The molecule has 0 saturated carbocycles. The van der Waals surface area contributed by atoms with Gasteiger partial charge in [-0.1, -0.05) is 85.4 Å². The number of carbonyl (C=O) groups is 1. The van der Waals surface area contributed by atoms with E-state index in [9.17, 15) is 9.59 Å². The van der Waals surface area contributed by atoms with Crippen molar-refractivity contribution in [3.8, 4) is 0 Å². The van der Waals surface area contributed by atoms with E-state index in [1.165, 1.54) is 11.8 Å². The highest BCUT2D eigenvalue weighted by molar-refractivity contribution is 8.00. The number of carbonyl (C=O) groups excluding carboxylic acids is 1. The Morgan fingerprint density at radius 1 is 1.09 bits per heavy atom. The van der Waals surface area contributed by atoms with Gasteiger partial charge in [0, 0.05) is 22.7 Å². The molecular formula is C26H23N3O2S2. The summed E-state index contributed by atoms with van der Waals surface area (Å²) in [6, 6.07) is 23.7. The van der Waals surface area contributed by atoms with Gasteiger partial charge in [0.2, 0.25) is 5.91 Å². The molecule has 4 aromatic rings. The van der Waals surface area contributed by atoms with Gasteiger partial charge in [-0.2, -0.15) is 0 Å². The molecule has 5 nitrogen and oxygen atoms in total. The minimum absolute atomic E-state index is 0.0184. The van der Waals surface area contributed by atoms with Gasteiger partial charge in [-0.05, 0) is 17.0 Å². The number of rotatable bonds is 6. The molecule has 1 atom stereocenters. The molecule has 1 aromatic heterocycles. The second kappa shape index (κ2) is 9.45. The molecule has 3 aromatic carbocycles. The number of hydrogen-bond donors (Lipinski definition) is 1. The van der Waals surface area contributed by atoms with E-state index >= 15 is 0 Å². The minimum atomic E-state index is -0.125. The Kier molecular flexibility index (Phi) is 6.24. The van der Waals surface area contributed by atoms with Crippen LogP contribution in [-0.2, 0) is 17.8 Å². The first kappa shape index (κ1) is 21.8. The van der Waals surface area contributed by atoms with E-state index in [0.717, 1.165) is 39.0 Å². The standard InChI is InChI=1S/C26H23N3O2S2/c1-17-14-22-24(33-17)25(31)29(15-18-8-3-2-4-9-18)26(28-22)32-16-23(30)27-21-13-7-11-19-10-5-6-12-20(19)21/h2-13,17H,14-16H2,1H3,(H,27,30). The van der Waals surface area contributed by atoms with Crippen molar-refractivity contribution in [3.63, 3.8) is 0 Å². The lowest BCUT2D eigenvalue weighted by Gasteiger charge is -2.14. The van der Waals surface area contributed by atoms with Crippen molar-refractivity contribution < 1.29 is 4.79 Å². The summed E-state index contributed by atoms with van der Waals surface area (Å²) in [6.07, 6.45) is 0.775. The molecule has 7 heteroatoms. The molecule has 33 heavy (non-hydrogen) atoms. The van der Waals surface area contributed by atoms with Crippen molar-refractivity contribution in [2.75, 3.05) is 11.1 Å². The van der Waals surface area contributed by atoms with Crippen molar-refractivity contribution in [2.24, 2.45) is 0 Å². The predicted octanol–water partition coefficient (Wildman–Crippen LogP) is 5.21. The number of nitrogens with zero attached hydrogens (tertiary/aromatic N) is 2. The molecular weight excluding hydrogens is 450 g/mol. The summed E-state index contributed by atoms with van der Waals surface area (Å²) in [5.74, 6) is 0.0477. The highest BCUT2D eigenvalue weighted by atomic mass is 32.2. The zero-order chi connectivity index (χ0) is 22.8. The van der Waals surface area contributed by atoms with Crippen LogP contribution in [0.15, 0.2) is 87.6 Å². The van der Waals surface area contributed by atoms with Gasteiger partial charge in [-0.25, -0.2) is 4.98 Å². The first-order valence-electron chi connectivity index (χ1n) is 10.8. The molecule has 0 radical (unpaired) electrons. The normalized spacial score (nSPS) is 14.9. The van der Waals surface area contributed by atoms with Crippen molar-refractivity contribution in [3.05, 3.63) is 94.4 Å². The Hall–Kier alpha value is -3.03. The second-order valence-corrected chi connectivity index (χ2v) is 10.4. The lowest BCUT2D eigenvalue weighted by atomic mass is 10.1. The third-order valence-electron chi connectivity index (χ3n) is 5.54. The molecule has 1 N–H and O–H groups in total. The Morgan fingerprint density at radius 2 is 1.85 bits per heavy atom. The topological polar surface area (TPSA) is 64.0 Å². The summed E-state index contributed by atoms with van der Waals surface area (Å²) >= 11 is 2.90. The average Bonchev–Trinajstić information content (AvgIpc) is 3.21. The number of hydrogen-bond acceptors (Lipinski definition) is 5. The van der Waals surface area contributed by atoms with E-state index in [-0.39, 0.29) is 17.2 Å². The highest BCUT2D eigenvalue weighted by Gasteiger charge is 2.26. The zero-order valence-corrected chi connectivity index (χ0v) is 19.8. The molecule has 0 fully saturated rings. The fourth-order valence-corrected chi connectivity index (χ4v) is 5.93. The zero-order valence-electron chi connectivity index (χ0n) is 18.2. The molecule has 1 amide bonds. The van der Waals surface area contributed by atoms with Crippen LogP contribution in [0.3, 0.4) is 0 Å². The van der Waals surface area contributed by atoms with Crippen LogP contribution in [0, 0.1) is 0 Å². The number of fused-ring (bicyclic) bond motifs is 2. The third-order valence-corrected chi connectivity index (χ3v) is 7.73. The second-order valence-electron chi connectivity index (χ2n) is 8.04. The minimum Gasteiger partial charge on any atom is -0.325 e. The fraction of sp³-hybridized carbons (Fsp3) is 0.192. The number of nitrogens with one attached hydrogen (secondary N) is 1. The summed E-state index contributed by atoms with van der Waals surface area (Å²) in [5.41, 5.74) is 2.64. The number of thioether (sulfide) groups is 2. The van der Waals surface area contributed by atoms with Crippen LogP contribution in [0.4, 0.5) is 5.69 Å². The molecule has 0 bridgehead atoms. The largest absolute Gasteiger partial charge is 0.325 e. The summed E-state index contributed by atoms with van der Waals surface area (Å²) in [4.78, 5) is 31.7. The molecule has 1 aliphatic rings. The fourth-order valence-electron chi connectivity index (χ4n) is 4.00. The molecule has 2 heterocycles.